The molecule has 1 aromatic carbocycles. The van der Waals surface area contributed by atoms with Gasteiger partial charge in [0, 0.05) is 6.54 Å². The molecule has 0 spiro atoms. The highest BCUT2D eigenvalue weighted by molar-refractivity contribution is 5.94. The molecular formula is C13H17NO3. The Morgan fingerprint density at radius 2 is 2.29 bits per heavy atom. The van der Waals surface area contributed by atoms with Gasteiger partial charge in [-0.1, -0.05) is 19.1 Å². The zero-order chi connectivity index (χ0) is 12.3. The van der Waals surface area contributed by atoms with Crippen molar-refractivity contribution in [1.29, 1.82) is 0 Å². The summed E-state index contributed by atoms with van der Waals surface area (Å²) in [5.41, 5.74) is 1.17. The Balaban J connectivity index is 2.34. The largest absolute Gasteiger partial charge is 0.478 e. The third-order valence-electron chi connectivity index (χ3n) is 3.14. The second-order valence-electron chi connectivity index (χ2n) is 4.15. The Hall–Kier alpha value is -1.55. The molecular weight excluding hydrogens is 218 g/mol. The van der Waals surface area contributed by atoms with Crippen LogP contribution < -0.4 is 4.90 Å². The van der Waals surface area contributed by atoms with E-state index in [9.17, 15) is 9.90 Å². The second kappa shape index (κ2) is 5.19. The minimum atomic E-state index is -0.873. The molecule has 1 saturated heterocycles. The molecule has 0 amide bonds. The van der Waals surface area contributed by atoms with Crippen molar-refractivity contribution in [2.75, 3.05) is 24.7 Å². The molecule has 1 heterocycles. The third kappa shape index (κ3) is 2.42. The molecule has 1 aromatic rings. The summed E-state index contributed by atoms with van der Waals surface area (Å²) < 4.78 is 5.44. The standard InChI is InChI=1S/C13H17NO3/c1-2-10-9-17-8-7-14(10)12-6-4-3-5-11(12)13(15)16/h3-6,10H,2,7-9H2,1H3,(H,15,16). The number of hydrogen-bond acceptors (Lipinski definition) is 3. The average Bonchev–Trinajstić information content (AvgIpc) is 2.38. The number of morpholine rings is 1. The summed E-state index contributed by atoms with van der Waals surface area (Å²) in [5.74, 6) is -0.873. The number of ether oxygens (including phenoxy) is 1. The Labute approximate surface area is 101 Å². The van der Waals surface area contributed by atoms with Crippen molar-refractivity contribution >= 4 is 11.7 Å². The lowest BCUT2D eigenvalue weighted by molar-refractivity contribution is 0.0694. The fourth-order valence-corrected chi connectivity index (χ4v) is 2.22. The first-order chi connectivity index (χ1) is 8.24. The van der Waals surface area contributed by atoms with Crippen LogP contribution in [0.25, 0.3) is 0 Å². The van der Waals surface area contributed by atoms with E-state index in [2.05, 4.69) is 11.8 Å². The average molecular weight is 235 g/mol. The molecule has 1 N–H and O–H groups in total. The first-order valence-corrected chi connectivity index (χ1v) is 5.90. The smallest absolute Gasteiger partial charge is 0.337 e. The van der Waals surface area contributed by atoms with Crippen LogP contribution in [0.4, 0.5) is 5.69 Å². The van der Waals surface area contributed by atoms with Crippen molar-refractivity contribution in [3.63, 3.8) is 0 Å². The molecule has 0 aromatic heterocycles. The van der Waals surface area contributed by atoms with Crippen LogP contribution in [0, 0.1) is 0 Å². The summed E-state index contributed by atoms with van der Waals surface area (Å²) in [7, 11) is 0. The Bertz CT molecular complexity index is 405. The minimum absolute atomic E-state index is 0.268. The van der Waals surface area contributed by atoms with Gasteiger partial charge >= 0.3 is 5.97 Å². The monoisotopic (exact) mass is 235 g/mol. The van der Waals surface area contributed by atoms with Crippen LogP contribution >= 0.6 is 0 Å². The highest BCUT2D eigenvalue weighted by atomic mass is 16.5. The number of nitrogens with zero attached hydrogens (tertiary/aromatic N) is 1. The Morgan fingerprint density at radius 1 is 1.53 bits per heavy atom. The molecule has 0 saturated carbocycles. The van der Waals surface area contributed by atoms with Crippen LogP contribution in [0.1, 0.15) is 23.7 Å². The normalized spacial score (nSPS) is 20.3. The van der Waals surface area contributed by atoms with Crippen LogP contribution in [0.3, 0.4) is 0 Å². The van der Waals surface area contributed by atoms with E-state index in [0.717, 1.165) is 18.7 Å². The summed E-state index contributed by atoms with van der Waals surface area (Å²) in [6.45, 7) is 4.17. The van der Waals surface area contributed by atoms with Gasteiger partial charge in [0.05, 0.1) is 30.5 Å². The quantitative estimate of drug-likeness (QED) is 0.870. The molecule has 4 nitrogen and oxygen atoms in total. The van der Waals surface area contributed by atoms with Crippen molar-refractivity contribution in [3.05, 3.63) is 29.8 Å². The topological polar surface area (TPSA) is 49.8 Å². The number of para-hydroxylation sites is 1. The van der Waals surface area contributed by atoms with Crippen LogP contribution in [-0.2, 0) is 4.74 Å². The van der Waals surface area contributed by atoms with Crippen molar-refractivity contribution in [3.8, 4) is 0 Å². The summed E-state index contributed by atoms with van der Waals surface area (Å²) >= 11 is 0. The van der Waals surface area contributed by atoms with Gasteiger partial charge < -0.3 is 14.7 Å². The van der Waals surface area contributed by atoms with Gasteiger partial charge in [-0.3, -0.25) is 0 Å². The predicted octanol–water partition coefficient (Wildman–Crippen LogP) is 2.00. The SMILES string of the molecule is CCC1COCCN1c1ccccc1C(=O)O. The zero-order valence-electron chi connectivity index (χ0n) is 9.93. The fourth-order valence-electron chi connectivity index (χ4n) is 2.22. The number of rotatable bonds is 3. The first kappa shape index (κ1) is 11.9. The van der Waals surface area contributed by atoms with Gasteiger partial charge in [0.25, 0.3) is 0 Å². The molecule has 92 valence electrons. The first-order valence-electron chi connectivity index (χ1n) is 5.90. The molecule has 0 aliphatic carbocycles. The van der Waals surface area contributed by atoms with Crippen LogP contribution in [0.15, 0.2) is 24.3 Å². The van der Waals surface area contributed by atoms with Crippen LogP contribution in [0.5, 0.6) is 0 Å². The summed E-state index contributed by atoms with van der Waals surface area (Å²) in [5, 5.41) is 9.20. The van der Waals surface area contributed by atoms with E-state index in [1.54, 1.807) is 12.1 Å². The maximum absolute atomic E-state index is 11.2. The number of aromatic carboxylic acids is 1. The molecule has 0 bridgehead atoms. The van der Waals surface area contributed by atoms with E-state index in [-0.39, 0.29) is 6.04 Å². The molecule has 1 atom stereocenters. The predicted molar refractivity (Wildman–Crippen MR) is 65.6 cm³/mol. The molecule has 1 aliphatic rings. The lowest BCUT2D eigenvalue weighted by Crippen LogP contribution is -2.45. The molecule has 17 heavy (non-hydrogen) atoms. The highest BCUT2D eigenvalue weighted by Gasteiger charge is 2.24. The number of carboxylic acid groups (broad SMARTS) is 1. The molecule has 4 heteroatoms. The Morgan fingerprint density at radius 3 is 3.00 bits per heavy atom. The number of carbonyl (C=O) groups is 1. The Kier molecular flexibility index (Phi) is 3.64. The molecule has 0 radical (unpaired) electrons. The maximum atomic E-state index is 11.2. The fraction of sp³-hybridized carbons (Fsp3) is 0.462. The molecule has 1 aliphatic heterocycles. The lowest BCUT2D eigenvalue weighted by atomic mass is 10.1. The molecule has 1 unspecified atom stereocenters. The summed E-state index contributed by atoms with van der Waals surface area (Å²) in [6, 6.07) is 7.43. The van der Waals surface area contributed by atoms with Crippen molar-refractivity contribution in [1.82, 2.24) is 0 Å². The van der Waals surface area contributed by atoms with E-state index in [4.69, 9.17) is 4.74 Å². The van der Waals surface area contributed by atoms with Crippen molar-refractivity contribution in [2.45, 2.75) is 19.4 Å². The van der Waals surface area contributed by atoms with E-state index in [1.165, 1.54) is 0 Å². The molecule has 2 rings (SSSR count). The van der Waals surface area contributed by atoms with E-state index in [1.807, 2.05) is 12.1 Å². The van der Waals surface area contributed by atoms with Gasteiger partial charge in [0.1, 0.15) is 0 Å². The lowest BCUT2D eigenvalue weighted by Gasteiger charge is -2.37. The highest BCUT2D eigenvalue weighted by Crippen LogP contribution is 2.25. The number of anilines is 1. The van der Waals surface area contributed by atoms with Crippen LogP contribution in [0.2, 0.25) is 0 Å². The van der Waals surface area contributed by atoms with Gasteiger partial charge in [-0.25, -0.2) is 4.79 Å². The van der Waals surface area contributed by atoms with Gasteiger partial charge in [-0.15, -0.1) is 0 Å². The van der Waals surface area contributed by atoms with Gasteiger partial charge in [-0.05, 0) is 18.6 Å². The third-order valence-corrected chi connectivity index (χ3v) is 3.14. The molecule has 1 fully saturated rings. The van der Waals surface area contributed by atoms with Gasteiger partial charge in [0.2, 0.25) is 0 Å². The van der Waals surface area contributed by atoms with Crippen molar-refractivity contribution in [2.24, 2.45) is 0 Å². The maximum Gasteiger partial charge on any atom is 0.337 e. The summed E-state index contributed by atoms with van der Waals surface area (Å²) in [4.78, 5) is 13.3. The number of benzene rings is 1. The van der Waals surface area contributed by atoms with Gasteiger partial charge in [-0.2, -0.15) is 0 Å². The van der Waals surface area contributed by atoms with Crippen molar-refractivity contribution < 1.29 is 14.6 Å². The van der Waals surface area contributed by atoms with E-state index < -0.39 is 5.97 Å². The summed E-state index contributed by atoms with van der Waals surface area (Å²) in [6.07, 6.45) is 0.952. The van der Waals surface area contributed by atoms with E-state index in [0.29, 0.717) is 18.8 Å². The van der Waals surface area contributed by atoms with Crippen LogP contribution in [-0.4, -0.2) is 36.9 Å². The number of carboxylic acids is 1. The van der Waals surface area contributed by atoms with E-state index >= 15 is 0 Å². The zero-order valence-corrected chi connectivity index (χ0v) is 9.93. The van der Waals surface area contributed by atoms with Gasteiger partial charge in [0.15, 0.2) is 0 Å². The number of hydrogen-bond donors (Lipinski definition) is 1. The minimum Gasteiger partial charge on any atom is -0.478 e. The second-order valence-corrected chi connectivity index (χ2v) is 4.15.